The molecule has 4 rings (SSSR count). The molecule has 2 aromatic rings. The summed E-state index contributed by atoms with van der Waals surface area (Å²) in [5.74, 6) is -1.22. The summed E-state index contributed by atoms with van der Waals surface area (Å²) in [5.41, 5.74) is 1.41. The van der Waals surface area contributed by atoms with Gasteiger partial charge in [0.25, 0.3) is 5.91 Å². The maximum Gasteiger partial charge on any atom is 0.274 e. The van der Waals surface area contributed by atoms with Crippen molar-refractivity contribution in [3.63, 3.8) is 0 Å². The van der Waals surface area contributed by atoms with E-state index in [1.165, 1.54) is 24.5 Å². The van der Waals surface area contributed by atoms with Crippen molar-refractivity contribution in [3.05, 3.63) is 71.9 Å². The number of allylic oxidation sites excluding steroid dienone is 3. The molecular weight excluding hydrogens is 566 g/mol. The van der Waals surface area contributed by atoms with Crippen molar-refractivity contribution in [2.75, 3.05) is 26.7 Å². The van der Waals surface area contributed by atoms with Gasteiger partial charge in [-0.05, 0) is 75.4 Å². The molecule has 3 amide bonds. The number of likely N-dealkylation sites (N-methyl/N-ethyl adjacent to an activating group) is 1. The van der Waals surface area contributed by atoms with Crippen LogP contribution in [-0.2, 0) is 9.59 Å². The third-order valence-electron chi connectivity index (χ3n) is 8.42. The van der Waals surface area contributed by atoms with E-state index in [0.717, 1.165) is 12.0 Å². The molecule has 2 heterocycles. The molecule has 1 aromatic carbocycles. The minimum Gasteiger partial charge on any atom is -0.342 e. The summed E-state index contributed by atoms with van der Waals surface area (Å²) in [4.78, 5) is 48.5. The fraction of sp³-hybridized carbons (Fsp3) is 0.515. The van der Waals surface area contributed by atoms with Crippen LogP contribution in [0.2, 0.25) is 0 Å². The highest BCUT2D eigenvalue weighted by Gasteiger charge is 2.41. The van der Waals surface area contributed by atoms with E-state index in [2.05, 4.69) is 15.6 Å². The Kier molecular flexibility index (Phi) is 10.7. The number of hydrogen-bond acceptors (Lipinski definition) is 5. The van der Waals surface area contributed by atoms with Crippen molar-refractivity contribution in [2.24, 2.45) is 5.41 Å². The van der Waals surface area contributed by atoms with Crippen LogP contribution in [0.3, 0.4) is 0 Å². The SMILES string of the molecule is CN[C@@H](C)C(=O)N[C@H](C(=O)N1CCC[C@H]1CN(CCC1=CC=C(F)CC1)C(=O)c1cn(-c2ccc(F)cc2)cn1)C(C)(C)C. The number of benzene rings is 1. The summed E-state index contributed by atoms with van der Waals surface area (Å²) < 4.78 is 28.7. The fourth-order valence-electron chi connectivity index (χ4n) is 5.55. The average Bonchev–Trinajstić information content (AvgIpc) is 3.68. The lowest BCUT2D eigenvalue weighted by Gasteiger charge is -2.37. The van der Waals surface area contributed by atoms with E-state index in [-0.39, 0.29) is 41.1 Å². The second-order valence-corrected chi connectivity index (χ2v) is 12.7. The van der Waals surface area contributed by atoms with Gasteiger partial charge in [0, 0.05) is 44.0 Å². The van der Waals surface area contributed by atoms with Gasteiger partial charge in [0.1, 0.15) is 29.7 Å². The lowest BCUT2D eigenvalue weighted by molar-refractivity contribution is -0.140. The van der Waals surface area contributed by atoms with Gasteiger partial charge in [0.05, 0.1) is 6.04 Å². The molecule has 2 aliphatic rings. The number of rotatable bonds is 11. The Morgan fingerprint density at radius 1 is 1.11 bits per heavy atom. The van der Waals surface area contributed by atoms with Crippen LogP contribution in [0, 0.1) is 11.2 Å². The standard InChI is InChI=1S/C33H44F2N6O3/c1-22(36-5)30(42)38-29(33(2,3)4)32(44)41-17-6-7-27(41)19-39(18-16-23-8-10-24(34)11-9-23)31(43)28-20-40(21-37-28)26-14-12-25(35)13-15-26/h8,10,12-15,20-22,27,29,36H,6-7,9,11,16-19H2,1-5H3,(H,38,42)/t22-,27-,29+/m0/s1. The van der Waals surface area contributed by atoms with Gasteiger partial charge in [-0.15, -0.1) is 0 Å². The minimum atomic E-state index is -0.740. The number of hydrogen-bond donors (Lipinski definition) is 2. The smallest absolute Gasteiger partial charge is 0.274 e. The molecule has 1 aromatic heterocycles. The van der Waals surface area contributed by atoms with Crippen LogP contribution in [0.5, 0.6) is 0 Å². The largest absolute Gasteiger partial charge is 0.342 e. The molecule has 0 saturated carbocycles. The van der Waals surface area contributed by atoms with E-state index < -0.39 is 17.5 Å². The molecule has 3 atom stereocenters. The normalized spacial score (nSPS) is 18.3. The van der Waals surface area contributed by atoms with Crippen molar-refractivity contribution in [1.82, 2.24) is 30.0 Å². The first-order valence-corrected chi connectivity index (χ1v) is 15.3. The highest BCUT2D eigenvalue weighted by atomic mass is 19.1. The highest BCUT2D eigenvalue weighted by molar-refractivity contribution is 5.93. The van der Waals surface area contributed by atoms with Gasteiger partial charge in [-0.3, -0.25) is 14.4 Å². The van der Waals surface area contributed by atoms with Crippen LogP contribution in [0.15, 0.2) is 60.3 Å². The topological polar surface area (TPSA) is 99.6 Å². The van der Waals surface area contributed by atoms with Crippen LogP contribution in [0.1, 0.15) is 70.3 Å². The molecule has 0 unspecified atom stereocenters. The zero-order chi connectivity index (χ0) is 32.0. The number of aromatic nitrogens is 2. The van der Waals surface area contributed by atoms with Crippen molar-refractivity contribution >= 4 is 17.7 Å². The Balaban J connectivity index is 1.56. The van der Waals surface area contributed by atoms with Crippen molar-refractivity contribution in [3.8, 4) is 5.69 Å². The van der Waals surface area contributed by atoms with Crippen molar-refractivity contribution in [1.29, 1.82) is 0 Å². The van der Waals surface area contributed by atoms with Gasteiger partial charge in [-0.25, -0.2) is 13.8 Å². The van der Waals surface area contributed by atoms with E-state index >= 15 is 0 Å². The van der Waals surface area contributed by atoms with Gasteiger partial charge < -0.3 is 25.0 Å². The third-order valence-corrected chi connectivity index (χ3v) is 8.42. The number of carbonyl (C=O) groups is 3. The zero-order valence-electron chi connectivity index (χ0n) is 26.3. The summed E-state index contributed by atoms with van der Waals surface area (Å²) in [7, 11) is 1.69. The molecule has 44 heavy (non-hydrogen) atoms. The molecule has 11 heteroatoms. The number of nitrogens with one attached hydrogen (secondary N) is 2. The Hall–Kier alpha value is -3.86. The fourth-order valence-corrected chi connectivity index (χ4v) is 5.55. The van der Waals surface area contributed by atoms with E-state index in [4.69, 9.17) is 0 Å². The molecule has 1 saturated heterocycles. The summed E-state index contributed by atoms with van der Waals surface area (Å²) in [6.45, 7) is 8.72. The zero-order valence-corrected chi connectivity index (χ0v) is 26.3. The average molecular weight is 611 g/mol. The Labute approximate surface area is 258 Å². The Morgan fingerprint density at radius 3 is 2.48 bits per heavy atom. The van der Waals surface area contributed by atoms with Gasteiger partial charge in [-0.1, -0.05) is 32.4 Å². The van der Waals surface area contributed by atoms with E-state index in [0.29, 0.717) is 51.0 Å². The van der Waals surface area contributed by atoms with E-state index in [9.17, 15) is 23.2 Å². The molecule has 2 N–H and O–H groups in total. The summed E-state index contributed by atoms with van der Waals surface area (Å²) in [6.07, 6.45) is 9.39. The number of amides is 3. The van der Waals surface area contributed by atoms with Crippen LogP contribution in [0.4, 0.5) is 8.78 Å². The van der Waals surface area contributed by atoms with Crippen LogP contribution in [-0.4, -0.2) is 81.9 Å². The quantitative estimate of drug-likeness (QED) is 0.389. The maximum atomic E-state index is 14.0. The van der Waals surface area contributed by atoms with Crippen LogP contribution >= 0.6 is 0 Å². The number of carbonyl (C=O) groups excluding carboxylic acids is 3. The maximum absolute atomic E-state index is 14.0. The summed E-state index contributed by atoms with van der Waals surface area (Å²) >= 11 is 0. The molecule has 238 valence electrons. The van der Waals surface area contributed by atoms with Crippen LogP contribution in [0.25, 0.3) is 5.69 Å². The first-order valence-electron chi connectivity index (χ1n) is 15.3. The van der Waals surface area contributed by atoms with E-state index in [1.54, 1.807) is 52.7 Å². The van der Waals surface area contributed by atoms with Gasteiger partial charge >= 0.3 is 0 Å². The number of halogens is 2. The monoisotopic (exact) mass is 610 g/mol. The highest BCUT2D eigenvalue weighted by Crippen LogP contribution is 2.28. The molecule has 1 aliphatic heterocycles. The predicted octanol–water partition coefficient (Wildman–Crippen LogP) is 4.55. The molecule has 0 spiro atoms. The molecule has 1 aliphatic carbocycles. The summed E-state index contributed by atoms with van der Waals surface area (Å²) in [6, 6.07) is 4.46. The van der Waals surface area contributed by atoms with E-state index in [1.807, 2.05) is 20.8 Å². The molecule has 1 fully saturated rings. The van der Waals surface area contributed by atoms with Crippen LogP contribution < -0.4 is 10.6 Å². The van der Waals surface area contributed by atoms with Gasteiger partial charge in [-0.2, -0.15) is 0 Å². The lowest BCUT2D eigenvalue weighted by atomic mass is 9.85. The second-order valence-electron chi connectivity index (χ2n) is 12.7. The second kappa shape index (κ2) is 14.3. The molecule has 9 nitrogen and oxygen atoms in total. The third kappa shape index (κ3) is 8.19. The lowest BCUT2D eigenvalue weighted by Crippen LogP contribution is -2.59. The molecule has 0 radical (unpaired) electrons. The molecule has 0 bridgehead atoms. The Bertz CT molecular complexity index is 1390. The van der Waals surface area contributed by atoms with Gasteiger partial charge in [0.2, 0.25) is 11.8 Å². The number of likely N-dealkylation sites (tertiary alicyclic amines) is 1. The number of imidazole rings is 1. The molecular formula is C33H44F2N6O3. The summed E-state index contributed by atoms with van der Waals surface area (Å²) in [5, 5.41) is 5.86. The van der Waals surface area contributed by atoms with Crippen molar-refractivity contribution in [2.45, 2.75) is 77.9 Å². The van der Waals surface area contributed by atoms with Crippen molar-refractivity contribution < 1.29 is 23.2 Å². The first-order chi connectivity index (χ1) is 20.9. The predicted molar refractivity (Wildman–Crippen MR) is 165 cm³/mol. The number of nitrogens with zero attached hydrogens (tertiary/aromatic N) is 4. The minimum absolute atomic E-state index is 0.155. The van der Waals surface area contributed by atoms with Gasteiger partial charge in [0.15, 0.2) is 0 Å². The Morgan fingerprint density at radius 2 is 1.84 bits per heavy atom. The first kappa shape index (κ1) is 33.0.